The Balaban J connectivity index is 1.94. The highest BCUT2D eigenvalue weighted by atomic mass is 16.5. The highest BCUT2D eigenvalue weighted by Crippen LogP contribution is 2.28. The molecular formula is C17H17NO2. The normalized spacial score (nSPS) is 14.3. The Kier molecular flexibility index (Phi) is 3.81. The number of hydrogen-bond donors (Lipinski definition) is 2. The maximum atomic E-state index is 8.77. The lowest BCUT2D eigenvalue weighted by Gasteiger charge is -2.12. The van der Waals surface area contributed by atoms with E-state index in [1.54, 1.807) is 0 Å². The molecule has 3 nitrogen and oxygen atoms in total. The molecule has 0 radical (unpaired) electrons. The Hall–Kier alpha value is -2.10. The zero-order valence-electron chi connectivity index (χ0n) is 11.2. The summed E-state index contributed by atoms with van der Waals surface area (Å²) < 4.78 is 5.98. The zero-order chi connectivity index (χ0) is 13.8. The van der Waals surface area contributed by atoms with E-state index < -0.39 is 0 Å². The number of allylic oxidation sites excluding steroid dienone is 3. The Morgan fingerprint density at radius 2 is 2.10 bits per heavy atom. The zero-order valence-corrected chi connectivity index (χ0v) is 11.2. The number of benzene rings is 2. The molecule has 0 fully saturated rings. The highest BCUT2D eigenvalue weighted by Gasteiger charge is 2.06. The fraction of sp³-hybridized carbons (Fsp3) is 0.176. The lowest BCUT2D eigenvalue weighted by atomic mass is 10.1. The number of rotatable bonds is 4. The molecule has 0 saturated carbocycles. The van der Waals surface area contributed by atoms with Gasteiger partial charge in [0.05, 0.1) is 0 Å². The predicted molar refractivity (Wildman–Crippen MR) is 79.7 cm³/mol. The van der Waals surface area contributed by atoms with E-state index in [1.807, 2.05) is 36.4 Å². The van der Waals surface area contributed by atoms with Gasteiger partial charge in [-0.05, 0) is 48.1 Å². The molecular weight excluding hydrogens is 250 g/mol. The van der Waals surface area contributed by atoms with Gasteiger partial charge in [-0.1, -0.05) is 30.3 Å². The van der Waals surface area contributed by atoms with Gasteiger partial charge in [-0.3, -0.25) is 0 Å². The minimum atomic E-state index is 0.439. The van der Waals surface area contributed by atoms with Gasteiger partial charge in [0.2, 0.25) is 0 Å². The molecule has 2 aromatic rings. The van der Waals surface area contributed by atoms with Crippen molar-refractivity contribution in [1.82, 2.24) is 5.48 Å². The monoisotopic (exact) mass is 267 g/mol. The van der Waals surface area contributed by atoms with Crippen LogP contribution in [0.2, 0.25) is 0 Å². The van der Waals surface area contributed by atoms with Crippen molar-refractivity contribution < 1.29 is 9.94 Å². The summed E-state index contributed by atoms with van der Waals surface area (Å²) in [6, 6.07) is 12.1. The van der Waals surface area contributed by atoms with Gasteiger partial charge in [0.25, 0.3) is 0 Å². The van der Waals surface area contributed by atoms with Crippen LogP contribution in [0.5, 0.6) is 5.75 Å². The minimum Gasteiger partial charge on any atom is -0.457 e. The van der Waals surface area contributed by atoms with Crippen LogP contribution in [0.3, 0.4) is 0 Å². The standard InChI is InChI=1S/C17H17NO2/c19-18-12-13-9-10-16-14(11-13)5-4-8-17(16)20-15-6-2-1-3-7-15/h2,4-11,18-19H,1,3,12H2. The smallest absolute Gasteiger partial charge is 0.135 e. The summed E-state index contributed by atoms with van der Waals surface area (Å²) in [5.41, 5.74) is 3.22. The molecule has 2 aromatic carbocycles. The Bertz CT molecular complexity index is 674. The first-order valence-electron chi connectivity index (χ1n) is 6.80. The van der Waals surface area contributed by atoms with Gasteiger partial charge in [-0.2, -0.15) is 0 Å². The number of hydroxylamine groups is 1. The highest BCUT2D eigenvalue weighted by molar-refractivity contribution is 5.89. The number of nitrogens with one attached hydrogen (secondary N) is 1. The summed E-state index contributed by atoms with van der Waals surface area (Å²) in [7, 11) is 0. The number of ether oxygens (including phenoxy) is 1. The topological polar surface area (TPSA) is 41.5 Å². The second-order valence-electron chi connectivity index (χ2n) is 4.83. The summed E-state index contributed by atoms with van der Waals surface area (Å²) in [4.78, 5) is 0. The molecule has 3 rings (SSSR count). The largest absolute Gasteiger partial charge is 0.457 e. The van der Waals surface area contributed by atoms with Crippen LogP contribution in [0, 0.1) is 0 Å². The van der Waals surface area contributed by atoms with Gasteiger partial charge in [0.1, 0.15) is 11.5 Å². The predicted octanol–water partition coefficient (Wildman–Crippen LogP) is 3.93. The number of fused-ring (bicyclic) bond motifs is 1. The lowest BCUT2D eigenvalue weighted by Crippen LogP contribution is -2.05. The van der Waals surface area contributed by atoms with Crippen molar-refractivity contribution in [1.29, 1.82) is 0 Å². The fourth-order valence-corrected chi connectivity index (χ4v) is 2.39. The average molecular weight is 267 g/mol. The molecule has 0 aromatic heterocycles. The summed E-state index contributed by atoms with van der Waals surface area (Å²) >= 11 is 0. The van der Waals surface area contributed by atoms with Crippen molar-refractivity contribution in [2.75, 3.05) is 0 Å². The Labute approximate surface area is 118 Å². The van der Waals surface area contributed by atoms with Crippen LogP contribution in [-0.2, 0) is 6.54 Å². The molecule has 3 heteroatoms. The molecule has 0 saturated heterocycles. The SMILES string of the molecule is ONCc1ccc2c(OC3=CCCC=C3)cccc2c1. The molecule has 0 spiro atoms. The second kappa shape index (κ2) is 5.90. The first-order valence-corrected chi connectivity index (χ1v) is 6.80. The quantitative estimate of drug-likeness (QED) is 0.825. The molecule has 0 unspecified atom stereocenters. The van der Waals surface area contributed by atoms with Gasteiger partial charge >= 0.3 is 0 Å². The minimum absolute atomic E-state index is 0.439. The first-order chi connectivity index (χ1) is 9.86. The van der Waals surface area contributed by atoms with Crippen LogP contribution >= 0.6 is 0 Å². The van der Waals surface area contributed by atoms with Crippen LogP contribution in [0.25, 0.3) is 10.8 Å². The second-order valence-corrected chi connectivity index (χ2v) is 4.83. The molecule has 0 atom stereocenters. The Morgan fingerprint density at radius 3 is 2.90 bits per heavy atom. The summed E-state index contributed by atoms with van der Waals surface area (Å²) in [5, 5.41) is 11.0. The maximum absolute atomic E-state index is 8.77. The van der Waals surface area contributed by atoms with E-state index in [0.29, 0.717) is 6.54 Å². The third-order valence-corrected chi connectivity index (χ3v) is 3.38. The van der Waals surface area contributed by atoms with Crippen molar-refractivity contribution in [2.45, 2.75) is 19.4 Å². The van der Waals surface area contributed by atoms with Crippen LogP contribution in [0.1, 0.15) is 18.4 Å². The van der Waals surface area contributed by atoms with E-state index >= 15 is 0 Å². The summed E-state index contributed by atoms with van der Waals surface area (Å²) in [5.74, 6) is 1.77. The summed E-state index contributed by atoms with van der Waals surface area (Å²) in [6.07, 6.45) is 8.38. The van der Waals surface area contributed by atoms with Gasteiger partial charge in [-0.25, -0.2) is 5.48 Å². The molecule has 20 heavy (non-hydrogen) atoms. The van der Waals surface area contributed by atoms with Crippen LogP contribution < -0.4 is 10.2 Å². The van der Waals surface area contributed by atoms with Crippen molar-refractivity contribution >= 4 is 10.8 Å². The van der Waals surface area contributed by atoms with Crippen molar-refractivity contribution in [3.05, 3.63) is 65.9 Å². The van der Waals surface area contributed by atoms with E-state index in [-0.39, 0.29) is 0 Å². The van der Waals surface area contributed by atoms with Gasteiger partial charge < -0.3 is 9.94 Å². The molecule has 0 amide bonds. The first kappa shape index (κ1) is 12.9. The van der Waals surface area contributed by atoms with E-state index in [1.165, 1.54) is 0 Å². The Morgan fingerprint density at radius 1 is 1.15 bits per heavy atom. The van der Waals surface area contributed by atoms with Crippen LogP contribution in [0.15, 0.2) is 60.4 Å². The van der Waals surface area contributed by atoms with Gasteiger partial charge in [0, 0.05) is 11.9 Å². The molecule has 0 aliphatic heterocycles. The van der Waals surface area contributed by atoms with Crippen molar-refractivity contribution in [3.8, 4) is 5.75 Å². The van der Waals surface area contributed by atoms with E-state index in [2.05, 4.69) is 23.7 Å². The van der Waals surface area contributed by atoms with Crippen molar-refractivity contribution in [3.63, 3.8) is 0 Å². The van der Waals surface area contributed by atoms with Gasteiger partial charge in [-0.15, -0.1) is 0 Å². The van der Waals surface area contributed by atoms with E-state index in [9.17, 15) is 0 Å². The van der Waals surface area contributed by atoms with Gasteiger partial charge in [0.15, 0.2) is 0 Å². The lowest BCUT2D eigenvalue weighted by molar-refractivity contribution is 0.161. The molecule has 0 bridgehead atoms. The van der Waals surface area contributed by atoms with Crippen molar-refractivity contribution in [2.24, 2.45) is 0 Å². The average Bonchev–Trinajstić information content (AvgIpc) is 2.49. The maximum Gasteiger partial charge on any atom is 0.135 e. The van der Waals surface area contributed by atoms with E-state index in [0.717, 1.165) is 40.7 Å². The van der Waals surface area contributed by atoms with Crippen LogP contribution in [0.4, 0.5) is 0 Å². The fourth-order valence-electron chi connectivity index (χ4n) is 2.39. The molecule has 1 aliphatic carbocycles. The molecule has 2 N–H and O–H groups in total. The third-order valence-electron chi connectivity index (χ3n) is 3.38. The third kappa shape index (κ3) is 2.74. The molecule has 102 valence electrons. The van der Waals surface area contributed by atoms with E-state index in [4.69, 9.17) is 9.94 Å². The summed E-state index contributed by atoms with van der Waals surface area (Å²) in [6.45, 7) is 0.439. The molecule has 0 heterocycles. The number of hydrogen-bond acceptors (Lipinski definition) is 3. The van der Waals surface area contributed by atoms with Crippen LogP contribution in [-0.4, -0.2) is 5.21 Å². The molecule has 1 aliphatic rings.